The van der Waals surface area contributed by atoms with Gasteiger partial charge in [0.25, 0.3) is 0 Å². The van der Waals surface area contributed by atoms with E-state index in [9.17, 15) is 20.1 Å². The fourth-order valence-corrected chi connectivity index (χ4v) is 1.60. The lowest BCUT2D eigenvalue weighted by Gasteiger charge is -2.25. The molecule has 0 rings (SSSR count). The maximum Gasteiger partial charge on any atom is 0.220 e. The van der Waals surface area contributed by atoms with Gasteiger partial charge in [-0.3, -0.25) is 4.79 Å². The van der Waals surface area contributed by atoms with Gasteiger partial charge in [-0.25, -0.2) is 0 Å². The van der Waals surface area contributed by atoms with Crippen molar-refractivity contribution in [3.8, 4) is 0 Å². The molecule has 0 aromatic carbocycles. The number of rotatable bonds is 11. The molecule has 1 amide bonds. The van der Waals surface area contributed by atoms with E-state index in [4.69, 9.17) is 15.9 Å². The average Bonchev–Trinajstić information content (AvgIpc) is 2.46. The second-order valence-corrected chi connectivity index (χ2v) is 4.70. The van der Waals surface area contributed by atoms with Gasteiger partial charge in [-0.15, -0.1) is 0 Å². The summed E-state index contributed by atoms with van der Waals surface area (Å²) in [5, 5.41) is 48.6. The van der Waals surface area contributed by atoms with E-state index in [1.54, 1.807) is 0 Å². The van der Waals surface area contributed by atoms with Crippen LogP contribution in [0.5, 0.6) is 0 Å². The Balaban J connectivity index is 3.90. The Morgan fingerprint density at radius 3 is 2.15 bits per heavy atom. The molecular weight excluding hydrogens is 268 g/mol. The Kier molecular flexibility index (Phi) is 10.5. The van der Waals surface area contributed by atoms with E-state index in [2.05, 4.69) is 5.32 Å². The number of hydrogen-bond donors (Lipinski definition) is 7. The van der Waals surface area contributed by atoms with E-state index >= 15 is 0 Å². The van der Waals surface area contributed by atoms with Crippen molar-refractivity contribution in [1.29, 1.82) is 0 Å². The van der Waals surface area contributed by atoms with Crippen LogP contribution in [0.2, 0.25) is 0 Å². The van der Waals surface area contributed by atoms with E-state index in [-0.39, 0.29) is 12.5 Å². The van der Waals surface area contributed by atoms with Crippen LogP contribution in [0.25, 0.3) is 0 Å². The number of carbonyl (C=O) groups is 1. The summed E-state index contributed by atoms with van der Waals surface area (Å²) in [5.41, 5.74) is 5.32. The van der Waals surface area contributed by atoms with E-state index < -0.39 is 31.0 Å². The topological polar surface area (TPSA) is 156 Å². The zero-order valence-electron chi connectivity index (χ0n) is 11.5. The summed E-state index contributed by atoms with van der Waals surface area (Å²) >= 11 is 0. The fourth-order valence-electron chi connectivity index (χ4n) is 1.60. The first-order valence-corrected chi connectivity index (χ1v) is 6.73. The van der Waals surface area contributed by atoms with Gasteiger partial charge < -0.3 is 36.6 Å². The summed E-state index contributed by atoms with van der Waals surface area (Å²) in [7, 11) is 0. The molecule has 8 nitrogen and oxygen atoms in total. The molecule has 0 aromatic rings. The molecule has 0 radical (unpaired) electrons. The molecule has 0 saturated carbocycles. The lowest BCUT2D eigenvalue weighted by atomic mass is 10.0. The summed E-state index contributed by atoms with van der Waals surface area (Å²) in [6.07, 6.45) is -3.65. The highest BCUT2D eigenvalue weighted by Crippen LogP contribution is 2.05. The molecule has 0 spiro atoms. The Morgan fingerprint density at radius 1 is 1.00 bits per heavy atom. The van der Waals surface area contributed by atoms with Crippen molar-refractivity contribution in [1.82, 2.24) is 5.32 Å². The molecule has 0 unspecified atom stereocenters. The fraction of sp³-hybridized carbons (Fsp3) is 0.917. The van der Waals surface area contributed by atoms with E-state index in [0.717, 1.165) is 12.8 Å². The van der Waals surface area contributed by atoms with Gasteiger partial charge in [0.05, 0.1) is 12.7 Å². The minimum Gasteiger partial charge on any atom is -0.394 e. The van der Waals surface area contributed by atoms with Gasteiger partial charge >= 0.3 is 0 Å². The SMILES string of the molecule is NCCCCCC(=O)NC[C@H](O)[C@@H](O)[C@H](O)[C@H](O)CO. The molecule has 0 aromatic heterocycles. The van der Waals surface area contributed by atoms with Crippen LogP contribution in [0.1, 0.15) is 25.7 Å². The van der Waals surface area contributed by atoms with Gasteiger partial charge in [-0.1, -0.05) is 6.42 Å². The highest BCUT2D eigenvalue weighted by molar-refractivity contribution is 5.75. The maximum absolute atomic E-state index is 11.4. The van der Waals surface area contributed by atoms with Crippen LogP contribution >= 0.6 is 0 Å². The predicted molar refractivity (Wildman–Crippen MR) is 71.6 cm³/mol. The zero-order valence-corrected chi connectivity index (χ0v) is 11.5. The number of amides is 1. The monoisotopic (exact) mass is 294 g/mol. The molecule has 0 bridgehead atoms. The number of aliphatic hydroxyl groups is 5. The molecule has 120 valence electrons. The highest BCUT2D eigenvalue weighted by Gasteiger charge is 2.29. The number of carbonyl (C=O) groups excluding carboxylic acids is 1. The van der Waals surface area contributed by atoms with Crippen molar-refractivity contribution in [3.63, 3.8) is 0 Å². The Bertz CT molecular complexity index is 266. The lowest BCUT2D eigenvalue weighted by Crippen LogP contribution is -2.49. The first kappa shape index (κ1) is 19.2. The molecule has 0 heterocycles. The van der Waals surface area contributed by atoms with E-state index in [1.165, 1.54) is 0 Å². The maximum atomic E-state index is 11.4. The Hall–Kier alpha value is -0.770. The lowest BCUT2D eigenvalue weighted by molar-refractivity contribution is -0.126. The van der Waals surface area contributed by atoms with Crippen LogP contribution in [0.3, 0.4) is 0 Å². The van der Waals surface area contributed by atoms with Crippen LogP contribution in [-0.2, 0) is 4.79 Å². The number of hydrogen-bond acceptors (Lipinski definition) is 7. The van der Waals surface area contributed by atoms with Gasteiger partial charge in [0.1, 0.15) is 18.3 Å². The van der Waals surface area contributed by atoms with Crippen molar-refractivity contribution in [3.05, 3.63) is 0 Å². The third-order valence-electron chi connectivity index (χ3n) is 2.94. The highest BCUT2D eigenvalue weighted by atomic mass is 16.4. The van der Waals surface area contributed by atoms with Crippen LogP contribution in [0.15, 0.2) is 0 Å². The van der Waals surface area contributed by atoms with Gasteiger partial charge in [0.2, 0.25) is 5.91 Å². The summed E-state index contributed by atoms with van der Waals surface area (Å²) in [4.78, 5) is 11.4. The normalized spacial score (nSPS) is 17.3. The molecule has 0 aliphatic carbocycles. The standard InChI is InChI=1S/C12H26N2O6/c13-5-3-1-2-4-10(18)14-6-8(16)11(19)12(20)9(17)7-15/h8-9,11-12,15-17,19-20H,1-7,13H2,(H,14,18)/t8-,9+,11+,12+/m0/s1. The second kappa shape index (κ2) is 11.0. The first-order chi connectivity index (χ1) is 9.43. The summed E-state index contributed by atoms with van der Waals surface area (Å²) in [5.74, 6) is -0.273. The third-order valence-corrected chi connectivity index (χ3v) is 2.94. The van der Waals surface area contributed by atoms with Gasteiger partial charge in [-0.05, 0) is 19.4 Å². The smallest absolute Gasteiger partial charge is 0.220 e. The predicted octanol–water partition coefficient (Wildman–Crippen LogP) is -2.94. The number of nitrogens with one attached hydrogen (secondary N) is 1. The van der Waals surface area contributed by atoms with Crippen molar-refractivity contribution >= 4 is 5.91 Å². The van der Waals surface area contributed by atoms with Crippen LogP contribution < -0.4 is 11.1 Å². The molecule has 4 atom stereocenters. The molecule has 8 N–H and O–H groups in total. The van der Waals surface area contributed by atoms with E-state index in [1.807, 2.05) is 0 Å². The average molecular weight is 294 g/mol. The quantitative estimate of drug-likeness (QED) is 0.201. The van der Waals surface area contributed by atoms with Gasteiger partial charge in [0.15, 0.2) is 0 Å². The number of aliphatic hydroxyl groups excluding tert-OH is 5. The molecule has 0 aliphatic heterocycles. The van der Waals surface area contributed by atoms with Crippen LogP contribution in [0.4, 0.5) is 0 Å². The summed E-state index contributed by atoms with van der Waals surface area (Å²) in [6.45, 7) is -0.401. The van der Waals surface area contributed by atoms with Gasteiger partial charge in [0, 0.05) is 13.0 Å². The first-order valence-electron chi connectivity index (χ1n) is 6.73. The number of nitrogens with two attached hydrogens (primary N) is 1. The molecule has 0 aliphatic rings. The van der Waals surface area contributed by atoms with Crippen molar-refractivity contribution in [2.75, 3.05) is 19.7 Å². The second-order valence-electron chi connectivity index (χ2n) is 4.70. The molecule has 0 saturated heterocycles. The van der Waals surface area contributed by atoms with Crippen molar-refractivity contribution < 1.29 is 30.3 Å². The zero-order chi connectivity index (χ0) is 15.5. The Labute approximate surface area is 118 Å². The molecule has 8 heteroatoms. The third kappa shape index (κ3) is 7.73. The minimum atomic E-state index is -1.68. The molecular formula is C12H26N2O6. The molecule has 0 fully saturated rings. The molecule has 20 heavy (non-hydrogen) atoms. The minimum absolute atomic E-state index is 0.244. The van der Waals surface area contributed by atoms with Crippen molar-refractivity contribution in [2.45, 2.75) is 50.1 Å². The van der Waals surface area contributed by atoms with Crippen molar-refractivity contribution in [2.24, 2.45) is 5.73 Å². The number of unbranched alkanes of at least 4 members (excludes halogenated alkanes) is 2. The van der Waals surface area contributed by atoms with Crippen LogP contribution in [0, 0.1) is 0 Å². The van der Waals surface area contributed by atoms with Crippen LogP contribution in [-0.4, -0.2) is 75.6 Å². The van der Waals surface area contributed by atoms with Gasteiger partial charge in [-0.2, -0.15) is 0 Å². The van der Waals surface area contributed by atoms with E-state index in [0.29, 0.717) is 19.4 Å². The summed E-state index contributed by atoms with van der Waals surface area (Å²) in [6, 6.07) is 0. The Morgan fingerprint density at radius 2 is 1.60 bits per heavy atom. The largest absolute Gasteiger partial charge is 0.394 e. The summed E-state index contributed by atoms with van der Waals surface area (Å²) < 4.78 is 0.